The molecular weight excluding hydrogens is 478 g/mol. The van der Waals surface area contributed by atoms with E-state index in [4.69, 9.17) is 19.6 Å². The number of hydrogen-bond donors (Lipinski definition) is 4. The fourth-order valence-corrected chi connectivity index (χ4v) is 3.33. The number of benzene rings is 1. The van der Waals surface area contributed by atoms with E-state index in [0.29, 0.717) is 18.8 Å². The zero-order valence-electron chi connectivity index (χ0n) is 20.3. The number of carbonyl (C=O) groups is 1. The van der Waals surface area contributed by atoms with Crippen molar-refractivity contribution in [2.75, 3.05) is 32.6 Å². The first-order valence-electron chi connectivity index (χ1n) is 10.9. The number of nitrogens with zero attached hydrogens (tertiary/aromatic N) is 3. The van der Waals surface area contributed by atoms with Crippen LogP contribution in [-0.4, -0.2) is 71.0 Å². The van der Waals surface area contributed by atoms with Gasteiger partial charge in [0.15, 0.2) is 34.4 Å². The van der Waals surface area contributed by atoms with E-state index in [1.807, 2.05) is 0 Å². The number of β-amino-alcohol motifs (C(OH)–C–C–N with tert-alkyl or cyclic N) is 1. The van der Waals surface area contributed by atoms with Crippen LogP contribution in [-0.2, 0) is 11.4 Å². The van der Waals surface area contributed by atoms with Crippen molar-refractivity contribution in [3.8, 4) is 17.2 Å². The van der Waals surface area contributed by atoms with Gasteiger partial charge < -0.3 is 40.3 Å². The van der Waals surface area contributed by atoms with Gasteiger partial charge in [0.25, 0.3) is 5.91 Å². The van der Waals surface area contributed by atoms with Gasteiger partial charge in [-0.1, -0.05) is 0 Å². The SMILES string of the molecule is COc1cc(OC)c(F)c(COc2cnc(N/C(C=N)=C/[NH2+]C(C)(C)C(=O)N3CC(O)C3)nc2)c1F. The summed E-state index contributed by atoms with van der Waals surface area (Å²) in [6.45, 7) is 3.64. The van der Waals surface area contributed by atoms with E-state index < -0.39 is 29.9 Å². The standard InChI is InChI=1S/C23H28F2N6O5/c1-23(2,21(33)31-10-14(32)11-31)29-7-13(6-26)30-22-27-8-15(9-28-22)36-12-16-19(24)17(34-3)5-18(35-4)20(16)25/h5-9,14,26,29,32H,10-12H2,1-4H3,(H,27,28,30)/p+1/b13-7+,26-6?. The van der Waals surface area contributed by atoms with E-state index in [9.17, 15) is 18.7 Å². The second kappa shape index (κ2) is 11.3. The number of anilines is 1. The van der Waals surface area contributed by atoms with Crippen LogP contribution in [0.25, 0.3) is 0 Å². The molecule has 36 heavy (non-hydrogen) atoms. The molecule has 11 nitrogen and oxygen atoms in total. The Morgan fingerprint density at radius 1 is 1.25 bits per heavy atom. The van der Waals surface area contributed by atoms with Gasteiger partial charge in [-0.05, 0) is 0 Å². The molecule has 0 saturated carbocycles. The number of ether oxygens (including phenoxy) is 3. The number of allylic oxidation sites excluding steroid dienone is 1. The number of quaternary nitrogens is 1. The molecule has 1 aromatic heterocycles. The van der Waals surface area contributed by atoms with Crippen molar-refractivity contribution in [2.45, 2.75) is 32.1 Å². The Kier molecular flexibility index (Phi) is 8.37. The number of rotatable bonds is 11. The summed E-state index contributed by atoms with van der Waals surface area (Å²) in [6, 6.07) is 1.11. The van der Waals surface area contributed by atoms with E-state index in [-0.39, 0.29) is 34.7 Å². The molecule has 3 rings (SSSR count). The number of halogens is 2. The van der Waals surface area contributed by atoms with E-state index in [2.05, 4.69) is 15.3 Å². The minimum absolute atomic E-state index is 0.132. The number of likely N-dealkylation sites (tertiary alicyclic amines) is 1. The number of nitrogens with two attached hydrogens (primary N) is 1. The lowest BCUT2D eigenvalue weighted by atomic mass is 10.0. The van der Waals surface area contributed by atoms with Crippen LogP contribution in [0.1, 0.15) is 19.4 Å². The fourth-order valence-electron chi connectivity index (χ4n) is 3.33. The topological polar surface area (TPSA) is 146 Å². The Morgan fingerprint density at radius 2 is 1.83 bits per heavy atom. The third-order valence-electron chi connectivity index (χ3n) is 5.47. The third-order valence-corrected chi connectivity index (χ3v) is 5.47. The summed E-state index contributed by atoms with van der Waals surface area (Å²) in [5, 5.41) is 21.5. The first-order valence-corrected chi connectivity index (χ1v) is 10.9. The lowest BCUT2D eigenvalue weighted by molar-refractivity contribution is -0.646. The van der Waals surface area contributed by atoms with Gasteiger partial charge in [-0.3, -0.25) is 4.79 Å². The molecule has 0 atom stereocenters. The molecule has 1 amide bonds. The van der Waals surface area contributed by atoms with Gasteiger partial charge in [0.2, 0.25) is 5.95 Å². The molecule has 13 heteroatoms. The van der Waals surface area contributed by atoms with Crippen molar-refractivity contribution in [2.24, 2.45) is 0 Å². The maximum atomic E-state index is 14.5. The summed E-state index contributed by atoms with van der Waals surface area (Å²) in [6.07, 6.45) is 4.73. The number of amides is 1. The Balaban J connectivity index is 1.62. The number of methoxy groups -OCH3 is 2. The van der Waals surface area contributed by atoms with Gasteiger partial charge in [-0.25, -0.2) is 18.7 Å². The molecule has 0 bridgehead atoms. The molecule has 194 valence electrons. The molecule has 1 aliphatic rings. The molecule has 0 radical (unpaired) electrons. The van der Waals surface area contributed by atoms with E-state index in [1.54, 1.807) is 30.3 Å². The number of carbonyl (C=O) groups excluding carboxylic acids is 1. The summed E-state index contributed by atoms with van der Waals surface area (Å²) in [5.74, 6) is -2.02. The van der Waals surface area contributed by atoms with Crippen LogP contribution >= 0.6 is 0 Å². The van der Waals surface area contributed by atoms with Gasteiger partial charge in [-0.2, -0.15) is 0 Å². The van der Waals surface area contributed by atoms with E-state index in [1.165, 1.54) is 26.6 Å². The van der Waals surface area contributed by atoms with Crippen LogP contribution in [0.3, 0.4) is 0 Å². The highest BCUT2D eigenvalue weighted by molar-refractivity contribution is 5.85. The van der Waals surface area contributed by atoms with Crippen LogP contribution in [0.5, 0.6) is 17.2 Å². The molecule has 2 heterocycles. The highest BCUT2D eigenvalue weighted by Crippen LogP contribution is 2.32. The smallest absolute Gasteiger partial charge is 0.283 e. The highest BCUT2D eigenvalue weighted by atomic mass is 19.1. The molecule has 1 aromatic carbocycles. The van der Waals surface area contributed by atoms with Crippen LogP contribution < -0.4 is 24.8 Å². The number of aromatic nitrogens is 2. The summed E-state index contributed by atoms with van der Waals surface area (Å²) < 4.78 is 44.2. The van der Waals surface area contributed by atoms with Gasteiger partial charge in [0, 0.05) is 39.2 Å². The molecule has 2 aromatic rings. The molecule has 0 aliphatic carbocycles. The molecule has 0 spiro atoms. The van der Waals surface area contributed by atoms with Gasteiger partial charge >= 0.3 is 0 Å². The van der Waals surface area contributed by atoms with Crippen molar-refractivity contribution in [1.82, 2.24) is 14.9 Å². The Morgan fingerprint density at radius 3 is 2.33 bits per heavy atom. The van der Waals surface area contributed by atoms with Crippen molar-refractivity contribution in [1.29, 1.82) is 5.41 Å². The van der Waals surface area contributed by atoms with E-state index >= 15 is 0 Å². The number of nitrogens with one attached hydrogen (secondary N) is 2. The molecule has 1 aliphatic heterocycles. The molecular formula is C23H29F2N6O5+. The van der Waals surface area contributed by atoms with Crippen molar-refractivity contribution in [3.63, 3.8) is 0 Å². The highest BCUT2D eigenvalue weighted by Gasteiger charge is 2.40. The summed E-state index contributed by atoms with van der Waals surface area (Å²) in [7, 11) is 2.51. The minimum Gasteiger partial charge on any atom is -0.494 e. The minimum atomic E-state index is -0.904. The maximum Gasteiger partial charge on any atom is 0.283 e. The Labute approximate surface area is 206 Å². The number of aliphatic hydroxyl groups excluding tert-OH is 1. The first-order chi connectivity index (χ1) is 17.1. The monoisotopic (exact) mass is 507 g/mol. The summed E-state index contributed by atoms with van der Waals surface area (Å²) in [5.41, 5.74) is -0.897. The quantitative estimate of drug-likeness (QED) is 0.327. The molecule has 0 unspecified atom stereocenters. The molecule has 5 N–H and O–H groups in total. The van der Waals surface area contributed by atoms with Crippen LogP contribution in [0.4, 0.5) is 14.7 Å². The van der Waals surface area contributed by atoms with Gasteiger partial charge in [0.1, 0.15) is 18.5 Å². The average molecular weight is 508 g/mol. The Bertz CT molecular complexity index is 1110. The lowest BCUT2D eigenvalue weighted by Crippen LogP contribution is -2.94. The van der Waals surface area contributed by atoms with Crippen molar-refractivity contribution < 1.29 is 38.2 Å². The molecule has 1 saturated heterocycles. The Hall–Kier alpha value is -3.84. The second-order valence-electron chi connectivity index (χ2n) is 8.56. The van der Waals surface area contributed by atoms with Gasteiger partial charge in [0.05, 0.1) is 38.3 Å². The average Bonchev–Trinajstić information content (AvgIpc) is 2.85. The van der Waals surface area contributed by atoms with Crippen molar-refractivity contribution in [3.05, 3.63) is 47.6 Å². The molecule has 1 fully saturated rings. The number of hydrogen-bond acceptors (Lipinski definition) is 9. The van der Waals surface area contributed by atoms with Crippen molar-refractivity contribution >= 4 is 18.1 Å². The van der Waals surface area contributed by atoms with Crippen LogP contribution in [0, 0.1) is 17.0 Å². The predicted octanol–water partition coefficient (Wildman–Crippen LogP) is 0.799. The normalized spacial score (nSPS) is 14.2. The first kappa shape index (κ1) is 26.8. The summed E-state index contributed by atoms with van der Waals surface area (Å²) in [4.78, 5) is 22.3. The van der Waals surface area contributed by atoms with Gasteiger partial charge in [-0.15, -0.1) is 0 Å². The lowest BCUT2D eigenvalue weighted by Gasteiger charge is -2.39. The third kappa shape index (κ3) is 6.04. The van der Waals surface area contributed by atoms with Crippen LogP contribution in [0.15, 0.2) is 30.4 Å². The summed E-state index contributed by atoms with van der Waals surface area (Å²) >= 11 is 0. The fraction of sp³-hybridized carbons (Fsp3) is 0.391. The van der Waals surface area contributed by atoms with E-state index in [0.717, 1.165) is 12.3 Å². The van der Waals surface area contributed by atoms with Crippen LogP contribution in [0.2, 0.25) is 0 Å². The number of aliphatic hydroxyl groups is 1. The zero-order chi connectivity index (χ0) is 26.5. The second-order valence-corrected chi connectivity index (χ2v) is 8.56. The maximum absolute atomic E-state index is 14.5. The zero-order valence-corrected chi connectivity index (χ0v) is 20.3. The largest absolute Gasteiger partial charge is 0.494 e. The predicted molar refractivity (Wildman–Crippen MR) is 125 cm³/mol.